The van der Waals surface area contributed by atoms with Gasteiger partial charge in [0, 0.05) is 36.1 Å². The van der Waals surface area contributed by atoms with Crippen LogP contribution in [0.4, 0.5) is 0 Å². The van der Waals surface area contributed by atoms with Crippen LogP contribution in [0, 0.1) is 6.92 Å². The maximum atomic E-state index is 12.5. The van der Waals surface area contributed by atoms with E-state index in [4.69, 9.17) is 20.8 Å². The summed E-state index contributed by atoms with van der Waals surface area (Å²) in [6.07, 6.45) is 2.87. The van der Waals surface area contributed by atoms with E-state index in [9.17, 15) is 4.79 Å². The highest BCUT2D eigenvalue weighted by Crippen LogP contribution is 2.23. The minimum Gasteiger partial charge on any atom is -0.494 e. The number of nitrogens with one attached hydrogen (secondary N) is 1. The van der Waals surface area contributed by atoms with E-state index < -0.39 is 0 Å². The van der Waals surface area contributed by atoms with E-state index in [-0.39, 0.29) is 11.9 Å². The quantitative estimate of drug-likeness (QED) is 0.536. The highest BCUT2D eigenvalue weighted by atomic mass is 35.5. The van der Waals surface area contributed by atoms with Crippen molar-refractivity contribution < 1.29 is 13.9 Å². The first-order valence-corrected chi connectivity index (χ1v) is 10.9. The zero-order valence-corrected chi connectivity index (χ0v) is 18.0. The number of halogens is 1. The van der Waals surface area contributed by atoms with E-state index in [0.717, 1.165) is 56.6 Å². The Morgan fingerprint density at radius 2 is 1.93 bits per heavy atom. The molecule has 1 fully saturated rings. The monoisotopic (exact) mass is 426 g/mol. The summed E-state index contributed by atoms with van der Waals surface area (Å²) < 4.78 is 11.5. The van der Waals surface area contributed by atoms with Gasteiger partial charge >= 0.3 is 0 Å². The first kappa shape index (κ1) is 20.8. The summed E-state index contributed by atoms with van der Waals surface area (Å²) in [6.45, 7) is 5.76. The molecule has 4 rings (SSSR count). The van der Waals surface area contributed by atoms with Gasteiger partial charge in [-0.25, -0.2) is 0 Å². The number of carbonyl (C=O) groups excluding carboxylic acids is 1. The minimum absolute atomic E-state index is 0.160. The molecule has 2 heterocycles. The number of hydrogen-bond acceptors (Lipinski definition) is 4. The van der Waals surface area contributed by atoms with Crippen LogP contribution in [0.15, 0.2) is 52.9 Å². The summed E-state index contributed by atoms with van der Waals surface area (Å²) in [6, 6.07) is 15.4. The number of amides is 1. The molecule has 0 saturated carbocycles. The lowest BCUT2D eigenvalue weighted by atomic mass is 10.0. The summed E-state index contributed by atoms with van der Waals surface area (Å²) in [5, 5.41) is 4.58. The van der Waals surface area contributed by atoms with Gasteiger partial charge in [0.15, 0.2) is 5.76 Å². The Labute approximate surface area is 181 Å². The average Bonchev–Trinajstić information content (AvgIpc) is 3.17. The lowest BCUT2D eigenvalue weighted by molar-refractivity contribution is 0.0884. The second-order valence-electron chi connectivity index (χ2n) is 7.90. The van der Waals surface area contributed by atoms with Crippen LogP contribution in [0.2, 0.25) is 5.02 Å². The van der Waals surface area contributed by atoms with Crippen molar-refractivity contribution in [3.63, 3.8) is 0 Å². The molecule has 1 saturated heterocycles. The molecule has 1 aliphatic heterocycles. The van der Waals surface area contributed by atoms with Crippen LogP contribution >= 0.6 is 11.6 Å². The molecule has 0 atom stereocenters. The van der Waals surface area contributed by atoms with Gasteiger partial charge in [0.05, 0.1) is 6.61 Å². The molecule has 3 aromatic rings. The van der Waals surface area contributed by atoms with Gasteiger partial charge in [0.1, 0.15) is 11.3 Å². The molecule has 30 heavy (non-hydrogen) atoms. The number of ether oxygens (including phenoxy) is 1. The Morgan fingerprint density at radius 1 is 1.17 bits per heavy atom. The number of piperidine rings is 1. The molecule has 1 N–H and O–H groups in total. The van der Waals surface area contributed by atoms with Crippen molar-refractivity contribution >= 4 is 28.5 Å². The van der Waals surface area contributed by atoms with Crippen molar-refractivity contribution in [1.82, 2.24) is 10.2 Å². The maximum Gasteiger partial charge on any atom is 0.287 e. The fourth-order valence-electron chi connectivity index (χ4n) is 3.80. The Morgan fingerprint density at radius 3 is 2.70 bits per heavy atom. The number of rotatable bonds is 7. The molecule has 0 spiro atoms. The fourth-order valence-corrected chi connectivity index (χ4v) is 3.98. The van der Waals surface area contributed by atoms with Gasteiger partial charge in [-0.3, -0.25) is 4.79 Å². The summed E-state index contributed by atoms with van der Waals surface area (Å²) in [7, 11) is 0. The van der Waals surface area contributed by atoms with Gasteiger partial charge in [-0.05, 0) is 62.6 Å². The summed E-state index contributed by atoms with van der Waals surface area (Å²) >= 11 is 6.00. The van der Waals surface area contributed by atoms with E-state index in [0.29, 0.717) is 16.4 Å². The van der Waals surface area contributed by atoms with Crippen molar-refractivity contribution in [2.45, 2.75) is 32.2 Å². The van der Waals surface area contributed by atoms with Crippen LogP contribution in [-0.2, 0) is 0 Å². The highest BCUT2D eigenvalue weighted by molar-refractivity contribution is 6.31. The summed E-state index contributed by atoms with van der Waals surface area (Å²) in [4.78, 5) is 15.0. The number of likely N-dealkylation sites (tertiary alicyclic amines) is 1. The molecular formula is C24H27ClN2O3. The third-order valence-corrected chi connectivity index (χ3v) is 5.77. The van der Waals surface area contributed by atoms with Crippen LogP contribution < -0.4 is 10.1 Å². The zero-order chi connectivity index (χ0) is 20.9. The van der Waals surface area contributed by atoms with Gasteiger partial charge in [0.2, 0.25) is 0 Å². The molecule has 1 aliphatic rings. The Balaban J connectivity index is 1.17. The van der Waals surface area contributed by atoms with Crippen LogP contribution in [0.1, 0.15) is 35.4 Å². The van der Waals surface area contributed by atoms with Crippen molar-refractivity contribution in [3.8, 4) is 5.75 Å². The molecule has 0 radical (unpaired) electrons. The number of furan rings is 1. The number of aryl methyl sites for hydroxylation is 1. The van der Waals surface area contributed by atoms with E-state index in [1.165, 1.54) is 5.56 Å². The molecule has 2 aromatic carbocycles. The highest BCUT2D eigenvalue weighted by Gasteiger charge is 2.22. The van der Waals surface area contributed by atoms with Crippen molar-refractivity contribution in [3.05, 3.63) is 64.9 Å². The van der Waals surface area contributed by atoms with Gasteiger partial charge in [-0.2, -0.15) is 0 Å². The third-order valence-electron chi connectivity index (χ3n) is 5.53. The topological polar surface area (TPSA) is 54.7 Å². The molecule has 0 unspecified atom stereocenters. The van der Waals surface area contributed by atoms with E-state index >= 15 is 0 Å². The molecular weight excluding hydrogens is 400 g/mol. The fraction of sp³-hybridized carbons (Fsp3) is 0.375. The van der Waals surface area contributed by atoms with Crippen LogP contribution in [0.5, 0.6) is 5.75 Å². The summed E-state index contributed by atoms with van der Waals surface area (Å²) in [5.41, 5.74) is 1.91. The number of carbonyl (C=O) groups is 1. The average molecular weight is 427 g/mol. The second-order valence-corrected chi connectivity index (χ2v) is 8.33. The molecule has 0 aliphatic carbocycles. The van der Waals surface area contributed by atoms with Crippen molar-refractivity contribution in [2.75, 3.05) is 26.2 Å². The van der Waals surface area contributed by atoms with Gasteiger partial charge < -0.3 is 19.4 Å². The lowest BCUT2D eigenvalue weighted by Crippen LogP contribution is -2.44. The normalized spacial score (nSPS) is 15.4. The van der Waals surface area contributed by atoms with E-state index in [1.807, 2.05) is 12.1 Å². The predicted octanol–water partition coefficient (Wildman–Crippen LogP) is 5.06. The predicted molar refractivity (Wildman–Crippen MR) is 119 cm³/mol. The van der Waals surface area contributed by atoms with Crippen LogP contribution in [0.25, 0.3) is 11.0 Å². The zero-order valence-electron chi connectivity index (χ0n) is 17.2. The van der Waals surface area contributed by atoms with Gasteiger partial charge in [-0.15, -0.1) is 0 Å². The van der Waals surface area contributed by atoms with Crippen LogP contribution in [0.3, 0.4) is 0 Å². The second kappa shape index (κ2) is 9.54. The molecule has 5 nitrogen and oxygen atoms in total. The van der Waals surface area contributed by atoms with Gasteiger partial charge in [0.25, 0.3) is 5.91 Å². The van der Waals surface area contributed by atoms with Crippen molar-refractivity contribution in [1.29, 1.82) is 0 Å². The van der Waals surface area contributed by atoms with Crippen LogP contribution in [-0.4, -0.2) is 43.1 Å². The smallest absolute Gasteiger partial charge is 0.287 e. The van der Waals surface area contributed by atoms with Gasteiger partial charge in [-0.1, -0.05) is 29.3 Å². The number of benzene rings is 2. The standard InChI is InChI=1S/C24H27ClN2O3/c1-17-3-6-21(7-4-17)29-14-2-11-27-12-9-20(10-13-27)26-24(28)23-16-18-15-19(25)5-8-22(18)30-23/h3-8,15-16,20H,2,9-14H2,1H3,(H,26,28). The molecule has 0 bridgehead atoms. The Hall–Kier alpha value is -2.50. The Kier molecular flexibility index (Phi) is 6.60. The molecule has 1 aromatic heterocycles. The largest absolute Gasteiger partial charge is 0.494 e. The first-order chi connectivity index (χ1) is 14.6. The number of fused-ring (bicyclic) bond motifs is 1. The Bertz CT molecular complexity index is 991. The summed E-state index contributed by atoms with van der Waals surface area (Å²) in [5.74, 6) is 1.10. The van der Waals surface area contributed by atoms with E-state index in [2.05, 4.69) is 29.3 Å². The van der Waals surface area contributed by atoms with Crippen molar-refractivity contribution in [2.24, 2.45) is 0 Å². The lowest BCUT2D eigenvalue weighted by Gasteiger charge is -2.32. The minimum atomic E-state index is -0.160. The number of nitrogens with zero attached hydrogens (tertiary/aromatic N) is 1. The molecule has 6 heteroatoms. The first-order valence-electron chi connectivity index (χ1n) is 10.5. The number of hydrogen-bond donors (Lipinski definition) is 1. The SMILES string of the molecule is Cc1ccc(OCCCN2CCC(NC(=O)c3cc4cc(Cl)ccc4o3)CC2)cc1. The molecule has 1 amide bonds. The molecule has 158 valence electrons. The maximum absolute atomic E-state index is 12.5. The van der Waals surface area contributed by atoms with E-state index in [1.54, 1.807) is 24.3 Å². The third kappa shape index (κ3) is 5.35.